The Bertz CT molecular complexity index is 1700. The molecule has 1 aromatic heterocycles. The van der Waals surface area contributed by atoms with Gasteiger partial charge in [0, 0.05) is 26.0 Å². The van der Waals surface area contributed by atoms with E-state index in [2.05, 4.69) is 21.2 Å². The summed E-state index contributed by atoms with van der Waals surface area (Å²) < 4.78 is 2.22. The first-order valence-corrected chi connectivity index (χ1v) is 15.0. The highest BCUT2D eigenvalue weighted by atomic mass is 79.9. The van der Waals surface area contributed by atoms with Crippen molar-refractivity contribution in [3.63, 3.8) is 0 Å². The van der Waals surface area contributed by atoms with Crippen LogP contribution in [0.1, 0.15) is 16.4 Å². The monoisotopic (exact) mass is 655 g/mol. The number of aromatic nitrogens is 1. The van der Waals surface area contributed by atoms with Crippen LogP contribution in [0.5, 0.6) is 5.75 Å². The van der Waals surface area contributed by atoms with Crippen LogP contribution in [-0.4, -0.2) is 32.6 Å². The van der Waals surface area contributed by atoms with E-state index in [0.717, 1.165) is 33.1 Å². The zero-order valence-electron chi connectivity index (χ0n) is 20.4. The van der Waals surface area contributed by atoms with Crippen molar-refractivity contribution in [2.75, 3.05) is 10.2 Å². The molecule has 0 saturated carbocycles. The smallest absolute Gasteiger partial charge is 0.308 e. The van der Waals surface area contributed by atoms with Crippen LogP contribution in [0.3, 0.4) is 0 Å². The number of imide groups is 1. The number of phenols is 1. The number of carbonyl (C=O) groups excluding carboxylic acids is 3. The summed E-state index contributed by atoms with van der Waals surface area (Å²) >= 11 is 11.6. The third-order valence-corrected chi connectivity index (χ3v) is 10.2. The predicted octanol–water partition coefficient (Wildman–Crippen LogP) is 5.47. The second-order valence-electron chi connectivity index (χ2n) is 9.30. The SMILES string of the molecule is O=C(Cn1c2c(sc1=O)C(c1ccc(Br)cc1)C1C(=O)N(c3ccc(Cl)cc3)C(=O)C1S2)Nc1ccc(O)cc1. The van der Waals surface area contributed by atoms with Gasteiger partial charge in [-0.3, -0.25) is 23.7 Å². The minimum Gasteiger partial charge on any atom is -0.508 e. The van der Waals surface area contributed by atoms with Gasteiger partial charge in [-0.25, -0.2) is 4.90 Å². The Hall–Kier alpha value is -3.38. The topological polar surface area (TPSA) is 109 Å². The molecule has 2 aliphatic heterocycles. The van der Waals surface area contributed by atoms with E-state index in [9.17, 15) is 24.3 Å². The van der Waals surface area contributed by atoms with Crippen LogP contribution in [0, 0.1) is 5.92 Å². The molecule has 3 atom stereocenters. The molecule has 202 valence electrons. The van der Waals surface area contributed by atoms with Crippen LogP contribution >= 0.6 is 50.6 Å². The summed E-state index contributed by atoms with van der Waals surface area (Å²) in [5.74, 6) is -2.39. The molecule has 1 fully saturated rings. The average Bonchev–Trinajstić information content (AvgIpc) is 3.37. The Morgan fingerprint density at radius 1 is 0.950 bits per heavy atom. The van der Waals surface area contributed by atoms with Crippen molar-refractivity contribution < 1.29 is 19.5 Å². The van der Waals surface area contributed by atoms with Gasteiger partial charge in [-0.1, -0.05) is 62.8 Å². The van der Waals surface area contributed by atoms with Crippen LogP contribution < -0.4 is 15.1 Å². The molecular formula is C28H19BrClN3O5S2. The molecular weight excluding hydrogens is 638 g/mol. The molecule has 1 saturated heterocycles. The number of carbonyl (C=O) groups is 3. The Balaban J connectivity index is 1.40. The highest BCUT2D eigenvalue weighted by molar-refractivity contribution is 9.10. The van der Waals surface area contributed by atoms with Crippen LogP contribution in [0.4, 0.5) is 11.4 Å². The van der Waals surface area contributed by atoms with Crippen molar-refractivity contribution in [3.05, 3.63) is 102 Å². The summed E-state index contributed by atoms with van der Waals surface area (Å²) in [5, 5.41) is 12.4. The normalized spacial score (nSPS) is 19.9. The van der Waals surface area contributed by atoms with Gasteiger partial charge in [-0.15, -0.1) is 0 Å². The van der Waals surface area contributed by atoms with Gasteiger partial charge in [0.1, 0.15) is 17.5 Å². The van der Waals surface area contributed by atoms with Crippen LogP contribution in [0.25, 0.3) is 0 Å². The van der Waals surface area contributed by atoms with Gasteiger partial charge in [0.05, 0.1) is 16.6 Å². The van der Waals surface area contributed by atoms with Crippen molar-refractivity contribution in [2.45, 2.75) is 22.7 Å². The minimum atomic E-state index is -0.787. The van der Waals surface area contributed by atoms with E-state index < -0.39 is 23.0 Å². The minimum absolute atomic E-state index is 0.0643. The lowest BCUT2D eigenvalue weighted by atomic mass is 9.83. The molecule has 3 aromatic carbocycles. The van der Waals surface area contributed by atoms with Crippen molar-refractivity contribution in [3.8, 4) is 5.75 Å². The number of benzene rings is 3. The molecule has 3 unspecified atom stereocenters. The summed E-state index contributed by atoms with van der Waals surface area (Å²) in [6.07, 6.45) is 0. The van der Waals surface area contributed by atoms with Crippen LogP contribution in [0.15, 0.2) is 87.1 Å². The van der Waals surface area contributed by atoms with Crippen molar-refractivity contribution in [2.24, 2.45) is 5.92 Å². The molecule has 0 radical (unpaired) electrons. The number of phenolic OH excluding ortho intramolecular Hbond substituents is 1. The molecule has 3 heterocycles. The van der Waals surface area contributed by atoms with E-state index in [4.69, 9.17) is 11.6 Å². The molecule has 4 aromatic rings. The summed E-state index contributed by atoms with van der Waals surface area (Å²) in [5.41, 5.74) is 1.69. The summed E-state index contributed by atoms with van der Waals surface area (Å²) in [4.78, 5) is 55.3. The van der Waals surface area contributed by atoms with Gasteiger partial charge in [0.2, 0.25) is 17.7 Å². The molecule has 0 aliphatic carbocycles. The fourth-order valence-corrected chi connectivity index (χ4v) is 8.18. The fraction of sp³-hybridized carbons (Fsp3) is 0.143. The lowest BCUT2D eigenvalue weighted by molar-refractivity contribution is -0.122. The predicted molar refractivity (Wildman–Crippen MR) is 158 cm³/mol. The number of aromatic hydroxyl groups is 1. The van der Waals surface area contributed by atoms with Gasteiger partial charge in [-0.2, -0.15) is 0 Å². The number of nitrogens with one attached hydrogen (secondary N) is 1. The third-order valence-electron chi connectivity index (χ3n) is 6.82. The quantitative estimate of drug-likeness (QED) is 0.218. The van der Waals surface area contributed by atoms with Gasteiger partial charge in [-0.05, 0) is 66.2 Å². The Morgan fingerprint density at radius 3 is 2.30 bits per heavy atom. The molecule has 0 spiro atoms. The Labute approximate surface area is 249 Å². The molecule has 8 nitrogen and oxygen atoms in total. The third kappa shape index (κ3) is 4.77. The summed E-state index contributed by atoms with van der Waals surface area (Å²) in [6, 6.07) is 20.0. The van der Waals surface area contributed by atoms with Crippen molar-refractivity contribution in [1.82, 2.24) is 4.57 Å². The molecule has 6 rings (SSSR count). The number of anilines is 2. The first-order valence-electron chi connectivity index (χ1n) is 12.1. The molecule has 2 N–H and O–H groups in total. The number of rotatable bonds is 5. The van der Waals surface area contributed by atoms with Crippen molar-refractivity contribution >= 4 is 79.7 Å². The summed E-state index contributed by atoms with van der Waals surface area (Å²) in [7, 11) is 0. The van der Waals surface area contributed by atoms with E-state index in [1.54, 1.807) is 36.4 Å². The van der Waals surface area contributed by atoms with Gasteiger partial charge in [0.15, 0.2) is 0 Å². The zero-order valence-corrected chi connectivity index (χ0v) is 24.4. The van der Waals surface area contributed by atoms with Crippen LogP contribution in [0.2, 0.25) is 5.02 Å². The second kappa shape index (κ2) is 10.5. The summed E-state index contributed by atoms with van der Waals surface area (Å²) in [6.45, 7) is -0.272. The average molecular weight is 657 g/mol. The number of nitrogens with zero attached hydrogens (tertiary/aromatic N) is 2. The molecule has 2 aliphatic rings. The van der Waals surface area contributed by atoms with E-state index >= 15 is 0 Å². The van der Waals surface area contributed by atoms with E-state index in [1.165, 1.54) is 21.6 Å². The first kappa shape index (κ1) is 26.8. The maximum atomic E-state index is 13.9. The number of thioether (sulfide) groups is 1. The Morgan fingerprint density at radius 2 is 1.62 bits per heavy atom. The fourth-order valence-electron chi connectivity index (χ4n) is 5.02. The highest BCUT2D eigenvalue weighted by Gasteiger charge is 2.56. The number of amides is 3. The maximum Gasteiger partial charge on any atom is 0.308 e. The number of fused-ring (bicyclic) bond motifs is 2. The highest BCUT2D eigenvalue weighted by Crippen LogP contribution is 2.54. The van der Waals surface area contributed by atoms with Gasteiger partial charge >= 0.3 is 4.87 Å². The second-order valence-corrected chi connectivity index (χ2v) is 12.8. The van der Waals surface area contributed by atoms with Crippen molar-refractivity contribution in [1.29, 1.82) is 0 Å². The first-order chi connectivity index (χ1) is 19.2. The van der Waals surface area contributed by atoms with E-state index in [1.807, 2.05) is 24.3 Å². The lowest BCUT2D eigenvalue weighted by Crippen LogP contribution is -2.33. The standard InChI is InChI=1S/C28H19BrClN3O5S2/c29-15-3-1-14(2-4-15)21-22-23(26(37)33(25(22)36)18-9-5-16(30)6-10-18)39-27-24(21)40-28(38)32(27)13-20(35)31-17-7-11-19(34)12-8-17/h1-12,21-23,34H,13H2,(H,31,35). The molecule has 12 heteroatoms. The molecule has 40 heavy (non-hydrogen) atoms. The Kier molecular flexibility index (Phi) is 7.07. The number of hydrogen-bond acceptors (Lipinski definition) is 7. The van der Waals surface area contributed by atoms with E-state index in [-0.39, 0.29) is 29.0 Å². The molecule has 0 bridgehead atoms. The molecule has 3 amide bonds. The number of halogens is 2. The van der Waals surface area contributed by atoms with E-state index in [0.29, 0.717) is 26.3 Å². The van der Waals surface area contributed by atoms with Gasteiger partial charge in [0.25, 0.3) is 0 Å². The van der Waals surface area contributed by atoms with Crippen LogP contribution in [-0.2, 0) is 20.9 Å². The lowest BCUT2D eigenvalue weighted by Gasteiger charge is -2.30. The maximum absolute atomic E-state index is 13.9. The largest absolute Gasteiger partial charge is 0.508 e. The number of thiazole rings is 1. The number of hydrogen-bond donors (Lipinski definition) is 2. The van der Waals surface area contributed by atoms with Gasteiger partial charge < -0.3 is 10.4 Å². The zero-order chi connectivity index (χ0) is 28.1.